The first-order valence-corrected chi connectivity index (χ1v) is 16.2. The summed E-state index contributed by atoms with van der Waals surface area (Å²) >= 11 is 1.86. The topological polar surface area (TPSA) is 38.9 Å². The lowest BCUT2D eigenvalue weighted by molar-refractivity contribution is 0.669. The van der Waals surface area contributed by atoms with Gasteiger partial charge >= 0.3 is 0 Å². The molecule has 0 radical (unpaired) electrons. The molecule has 3 aromatic heterocycles. The molecule has 10 rings (SSSR count). The summed E-state index contributed by atoms with van der Waals surface area (Å²) in [6, 6.07) is 51.3. The number of furan rings is 1. The van der Waals surface area contributed by atoms with E-state index >= 15 is 0 Å². The van der Waals surface area contributed by atoms with Gasteiger partial charge in [-0.05, 0) is 76.5 Å². The fourth-order valence-corrected chi connectivity index (χ4v) is 7.99. The van der Waals surface area contributed by atoms with Gasteiger partial charge in [-0.2, -0.15) is 0 Å². The summed E-state index contributed by atoms with van der Waals surface area (Å²) in [5, 5.41) is 7.26. The molecule has 0 fully saturated rings. The molecule has 3 nitrogen and oxygen atoms in total. The third kappa shape index (κ3) is 3.91. The van der Waals surface area contributed by atoms with Crippen LogP contribution in [0.15, 0.2) is 150 Å². The van der Waals surface area contributed by atoms with Crippen molar-refractivity contribution < 1.29 is 4.42 Å². The standard InChI is InChI=1S/C42H24N2OS/c1-5-16-36-31(12-1)40-32(13-8-17-37(40)45-36)42-41(43-34-14-3-4-15-35(34)44-42)28-10-7-9-25(21-28)26-19-20-27-24-39-33(23-29(27)22-26)30-11-2-6-18-38(30)46-39/h1-24H. The van der Waals surface area contributed by atoms with Gasteiger partial charge in [0.05, 0.1) is 22.4 Å². The zero-order chi connectivity index (χ0) is 30.2. The van der Waals surface area contributed by atoms with Crippen LogP contribution in [0.3, 0.4) is 0 Å². The molecule has 0 saturated heterocycles. The summed E-state index contributed by atoms with van der Waals surface area (Å²) in [6.07, 6.45) is 0. The molecule has 7 aromatic carbocycles. The molecule has 0 unspecified atom stereocenters. The molecule has 46 heavy (non-hydrogen) atoms. The van der Waals surface area contributed by atoms with Crippen LogP contribution in [0.2, 0.25) is 0 Å². The Bertz CT molecular complexity index is 2830. The van der Waals surface area contributed by atoms with E-state index in [1.807, 2.05) is 59.9 Å². The van der Waals surface area contributed by atoms with Crippen molar-refractivity contribution in [2.24, 2.45) is 0 Å². The van der Waals surface area contributed by atoms with E-state index < -0.39 is 0 Å². The first-order chi connectivity index (χ1) is 22.8. The van der Waals surface area contributed by atoms with Gasteiger partial charge in [-0.25, -0.2) is 9.97 Å². The zero-order valence-electron chi connectivity index (χ0n) is 24.6. The third-order valence-corrected chi connectivity index (χ3v) is 10.2. The molecule has 0 saturated carbocycles. The van der Waals surface area contributed by atoms with Crippen molar-refractivity contribution in [3.05, 3.63) is 146 Å². The molecule has 214 valence electrons. The molecule has 3 heterocycles. The van der Waals surface area contributed by atoms with Crippen LogP contribution in [0.5, 0.6) is 0 Å². The fourth-order valence-electron chi connectivity index (χ4n) is 6.86. The van der Waals surface area contributed by atoms with Crippen LogP contribution >= 0.6 is 11.3 Å². The van der Waals surface area contributed by atoms with Crippen LogP contribution in [0.4, 0.5) is 0 Å². The number of thiophene rings is 1. The third-order valence-electron chi connectivity index (χ3n) is 9.03. The Morgan fingerprint density at radius 3 is 2.07 bits per heavy atom. The number of hydrogen-bond donors (Lipinski definition) is 0. The van der Waals surface area contributed by atoms with Crippen LogP contribution in [-0.4, -0.2) is 9.97 Å². The van der Waals surface area contributed by atoms with E-state index in [9.17, 15) is 0 Å². The molecule has 10 aromatic rings. The van der Waals surface area contributed by atoms with E-state index in [4.69, 9.17) is 14.4 Å². The quantitative estimate of drug-likeness (QED) is 0.201. The number of benzene rings is 7. The summed E-state index contributed by atoms with van der Waals surface area (Å²) in [5.41, 5.74) is 9.49. The van der Waals surface area contributed by atoms with Gasteiger partial charge in [0, 0.05) is 42.1 Å². The Morgan fingerprint density at radius 2 is 1.15 bits per heavy atom. The molecule has 0 aliphatic carbocycles. The van der Waals surface area contributed by atoms with Crippen LogP contribution < -0.4 is 0 Å². The smallest absolute Gasteiger partial charge is 0.136 e. The predicted octanol–water partition coefficient (Wildman–Crippen LogP) is 12.1. The minimum Gasteiger partial charge on any atom is -0.456 e. The molecule has 0 N–H and O–H groups in total. The average molecular weight is 605 g/mol. The van der Waals surface area contributed by atoms with Gasteiger partial charge in [0.1, 0.15) is 11.2 Å². The van der Waals surface area contributed by atoms with Crippen molar-refractivity contribution in [2.45, 2.75) is 0 Å². The average Bonchev–Trinajstić information content (AvgIpc) is 3.68. The number of hydrogen-bond acceptors (Lipinski definition) is 4. The van der Waals surface area contributed by atoms with Gasteiger partial charge in [-0.1, -0.05) is 91.0 Å². The molecule has 0 aliphatic rings. The lowest BCUT2D eigenvalue weighted by Gasteiger charge is -2.13. The van der Waals surface area contributed by atoms with E-state index in [2.05, 4.69) is 97.1 Å². The number of rotatable bonds is 3. The van der Waals surface area contributed by atoms with Crippen molar-refractivity contribution in [1.82, 2.24) is 9.97 Å². The molecular weight excluding hydrogens is 581 g/mol. The number of fused-ring (bicyclic) bond motifs is 8. The van der Waals surface area contributed by atoms with Crippen LogP contribution in [0, 0.1) is 0 Å². The van der Waals surface area contributed by atoms with Crippen molar-refractivity contribution >= 4 is 75.3 Å². The lowest BCUT2D eigenvalue weighted by Crippen LogP contribution is -1.96. The van der Waals surface area contributed by atoms with Crippen LogP contribution in [-0.2, 0) is 0 Å². The van der Waals surface area contributed by atoms with Gasteiger partial charge in [0.15, 0.2) is 0 Å². The number of nitrogens with zero attached hydrogens (tertiary/aromatic N) is 2. The fraction of sp³-hybridized carbons (Fsp3) is 0. The second kappa shape index (κ2) is 9.83. The predicted molar refractivity (Wildman–Crippen MR) is 194 cm³/mol. The van der Waals surface area contributed by atoms with E-state index in [0.29, 0.717) is 0 Å². The largest absolute Gasteiger partial charge is 0.456 e. The van der Waals surface area contributed by atoms with E-state index in [-0.39, 0.29) is 0 Å². The molecule has 0 amide bonds. The van der Waals surface area contributed by atoms with Gasteiger partial charge in [0.25, 0.3) is 0 Å². The molecule has 0 atom stereocenters. The number of para-hydroxylation sites is 3. The van der Waals surface area contributed by atoms with Gasteiger partial charge in [-0.15, -0.1) is 11.3 Å². The summed E-state index contributed by atoms with van der Waals surface area (Å²) in [6.45, 7) is 0. The molecule has 4 heteroatoms. The minimum absolute atomic E-state index is 0.844. The Morgan fingerprint density at radius 1 is 0.435 bits per heavy atom. The Balaban J connectivity index is 1.17. The van der Waals surface area contributed by atoms with Crippen molar-refractivity contribution in [3.8, 4) is 33.6 Å². The summed E-state index contributed by atoms with van der Waals surface area (Å²) < 4.78 is 8.91. The van der Waals surface area contributed by atoms with Crippen LogP contribution in [0.25, 0.3) is 97.6 Å². The maximum Gasteiger partial charge on any atom is 0.136 e. The molecule has 0 spiro atoms. The van der Waals surface area contributed by atoms with Crippen LogP contribution in [0.1, 0.15) is 0 Å². The highest BCUT2D eigenvalue weighted by Gasteiger charge is 2.19. The van der Waals surface area contributed by atoms with E-state index in [0.717, 1.165) is 61.1 Å². The normalized spacial score (nSPS) is 11.9. The second-order valence-corrected chi connectivity index (χ2v) is 12.9. The summed E-state index contributed by atoms with van der Waals surface area (Å²) in [5.74, 6) is 0. The first kappa shape index (κ1) is 25.5. The Kier molecular flexibility index (Phi) is 5.45. The Hall–Kier alpha value is -5.84. The van der Waals surface area contributed by atoms with E-state index in [1.54, 1.807) is 0 Å². The van der Waals surface area contributed by atoms with Gasteiger partial charge in [-0.3, -0.25) is 0 Å². The second-order valence-electron chi connectivity index (χ2n) is 11.8. The van der Waals surface area contributed by atoms with Gasteiger partial charge in [0.2, 0.25) is 0 Å². The van der Waals surface area contributed by atoms with Gasteiger partial charge < -0.3 is 4.42 Å². The molecule has 0 bridgehead atoms. The minimum atomic E-state index is 0.844. The first-order valence-electron chi connectivity index (χ1n) is 15.4. The maximum atomic E-state index is 6.26. The zero-order valence-corrected chi connectivity index (χ0v) is 25.4. The van der Waals surface area contributed by atoms with Crippen molar-refractivity contribution in [2.75, 3.05) is 0 Å². The molecular formula is C42H24N2OS. The monoisotopic (exact) mass is 604 g/mol. The van der Waals surface area contributed by atoms with Crippen molar-refractivity contribution in [3.63, 3.8) is 0 Å². The summed E-state index contributed by atoms with van der Waals surface area (Å²) in [7, 11) is 0. The Labute approximate surface area is 268 Å². The highest BCUT2D eigenvalue weighted by molar-refractivity contribution is 7.25. The van der Waals surface area contributed by atoms with Crippen molar-refractivity contribution in [1.29, 1.82) is 0 Å². The number of aromatic nitrogens is 2. The maximum absolute atomic E-state index is 6.26. The molecule has 0 aliphatic heterocycles. The van der Waals surface area contributed by atoms with E-state index in [1.165, 1.54) is 36.5 Å². The highest BCUT2D eigenvalue weighted by atomic mass is 32.1. The highest BCUT2D eigenvalue weighted by Crippen LogP contribution is 2.41. The lowest BCUT2D eigenvalue weighted by atomic mass is 9.95. The SMILES string of the molecule is c1cc(-c2ccc3cc4sc5ccccc5c4cc3c2)cc(-c2nc3ccccc3nc2-c2cccc3oc4ccccc4c23)c1. The summed E-state index contributed by atoms with van der Waals surface area (Å²) in [4.78, 5) is 10.5.